The number of hydrogen-bond acceptors (Lipinski definition) is 4. The van der Waals surface area contributed by atoms with Gasteiger partial charge >= 0.3 is 5.97 Å². The number of carbonyl (C=O) groups is 1. The summed E-state index contributed by atoms with van der Waals surface area (Å²) in [6.45, 7) is 18.2. The molecule has 6 nitrogen and oxygen atoms in total. The number of aromatic nitrogens is 2. The Morgan fingerprint density at radius 3 is 2.36 bits per heavy atom. The highest BCUT2D eigenvalue weighted by molar-refractivity contribution is 5.74. The number of benzene rings is 2. The van der Waals surface area contributed by atoms with Crippen molar-refractivity contribution in [3.8, 4) is 0 Å². The number of rotatable bonds is 11. The molecule has 0 spiro atoms. The van der Waals surface area contributed by atoms with E-state index in [0.29, 0.717) is 12.5 Å². The normalized spacial score (nSPS) is 21.7. The first-order chi connectivity index (χ1) is 21.5. The largest absolute Gasteiger partial charge is 0.480 e. The summed E-state index contributed by atoms with van der Waals surface area (Å²) in [5.41, 5.74) is 6.26. The van der Waals surface area contributed by atoms with Crippen molar-refractivity contribution in [1.29, 1.82) is 0 Å². The molecular formula is C38H53FN4O2. The third-order valence-corrected chi connectivity index (χ3v) is 10.4. The molecule has 4 atom stereocenters. The summed E-state index contributed by atoms with van der Waals surface area (Å²) >= 11 is 0. The Hall–Kier alpha value is -3.03. The smallest absolute Gasteiger partial charge is 0.321 e. The Kier molecular flexibility index (Phi) is 10.5. The van der Waals surface area contributed by atoms with Crippen LogP contribution in [0.2, 0.25) is 0 Å². The number of likely N-dealkylation sites (tertiary alicyclic amines) is 2. The summed E-state index contributed by atoms with van der Waals surface area (Å²) in [7, 11) is 0. The third kappa shape index (κ3) is 7.86. The maximum Gasteiger partial charge on any atom is 0.321 e. The molecule has 0 unspecified atom stereocenters. The van der Waals surface area contributed by atoms with E-state index in [2.05, 4.69) is 79.4 Å². The van der Waals surface area contributed by atoms with Gasteiger partial charge in [0.15, 0.2) is 0 Å². The minimum Gasteiger partial charge on any atom is -0.480 e. The van der Waals surface area contributed by atoms with Crippen LogP contribution in [0, 0.1) is 17.7 Å². The molecule has 244 valence electrons. The molecule has 2 fully saturated rings. The number of aryl methyl sites for hydroxylation is 1. The number of hydrogen-bond donors (Lipinski definition) is 1. The van der Waals surface area contributed by atoms with Gasteiger partial charge in [-0.2, -0.15) is 5.10 Å². The Morgan fingerprint density at radius 2 is 1.76 bits per heavy atom. The average molecular weight is 617 g/mol. The monoisotopic (exact) mass is 616 g/mol. The molecule has 2 saturated heterocycles. The molecule has 0 aliphatic carbocycles. The van der Waals surface area contributed by atoms with Gasteiger partial charge in [-0.15, -0.1) is 0 Å². The SMILES string of the molecule is CC[C@@H](C)[C@H](C(=O)O)N1C[C@H](CN2CCC(c3cc(Cc4ccc(C(C)(C)C)cc4)nn3CC)CC2)[C@@H](c2cccc(F)c2)C1. The summed E-state index contributed by atoms with van der Waals surface area (Å²) in [6, 6.07) is 17.7. The van der Waals surface area contributed by atoms with E-state index in [-0.39, 0.29) is 29.0 Å². The van der Waals surface area contributed by atoms with Gasteiger partial charge in [0, 0.05) is 50.1 Å². The molecule has 2 aliphatic heterocycles. The van der Waals surface area contributed by atoms with Crippen LogP contribution in [0.25, 0.3) is 0 Å². The Bertz CT molecular complexity index is 1420. The average Bonchev–Trinajstić information content (AvgIpc) is 3.61. The standard InChI is InChI=1S/C38H53FN4O2/c1-7-26(3)36(37(44)45)42-24-30(34(25-42)29-10-9-11-32(39)21-29)23-41-18-16-28(17-19-41)35-22-33(40-43(35)8-2)20-27-12-14-31(15-13-27)38(4,5)6/h9-15,21-22,26,28,30,34,36H,7-8,16-20,23-25H2,1-6H3,(H,44,45)/t26-,30+,34-,36-/m1/s1. The summed E-state index contributed by atoms with van der Waals surface area (Å²) in [4.78, 5) is 17.0. The van der Waals surface area contributed by atoms with Crippen molar-refractivity contribution >= 4 is 5.97 Å². The first-order valence-corrected chi connectivity index (χ1v) is 17.1. The lowest BCUT2D eigenvalue weighted by Crippen LogP contribution is -2.45. The second kappa shape index (κ2) is 14.2. The number of aliphatic carboxylic acids is 1. The van der Waals surface area contributed by atoms with Crippen LogP contribution in [-0.2, 0) is 23.2 Å². The van der Waals surface area contributed by atoms with Crippen LogP contribution in [0.4, 0.5) is 4.39 Å². The van der Waals surface area contributed by atoms with E-state index in [1.165, 1.54) is 22.9 Å². The van der Waals surface area contributed by atoms with Crippen LogP contribution < -0.4 is 0 Å². The fraction of sp³-hybridized carbons (Fsp3) is 0.579. The van der Waals surface area contributed by atoms with Crippen molar-refractivity contribution in [2.24, 2.45) is 11.8 Å². The highest BCUT2D eigenvalue weighted by atomic mass is 19.1. The second-order valence-electron chi connectivity index (χ2n) is 14.6. The van der Waals surface area contributed by atoms with Crippen molar-refractivity contribution in [3.63, 3.8) is 0 Å². The molecule has 5 rings (SSSR count). The van der Waals surface area contributed by atoms with E-state index in [0.717, 1.165) is 69.7 Å². The lowest BCUT2D eigenvalue weighted by molar-refractivity contribution is -0.145. The molecule has 3 heterocycles. The van der Waals surface area contributed by atoms with Gasteiger partial charge in [0.05, 0.1) is 5.69 Å². The Morgan fingerprint density at radius 1 is 1.04 bits per heavy atom. The maximum atomic E-state index is 14.3. The molecule has 7 heteroatoms. The molecular weight excluding hydrogens is 563 g/mol. The van der Waals surface area contributed by atoms with Crippen molar-refractivity contribution in [2.75, 3.05) is 32.7 Å². The van der Waals surface area contributed by atoms with Gasteiger partial charge in [-0.1, -0.05) is 77.4 Å². The highest BCUT2D eigenvalue weighted by Crippen LogP contribution is 2.38. The number of carboxylic acids is 1. The van der Waals surface area contributed by atoms with Gasteiger partial charge in [0.2, 0.25) is 0 Å². The van der Waals surface area contributed by atoms with Gasteiger partial charge in [0.25, 0.3) is 0 Å². The zero-order valence-electron chi connectivity index (χ0n) is 28.2. The summed E-state index contributed by atoms with van der Waals surface area (Å²) in [5, 5.41) is 15.1. The van der Waals surface area contributed by atoms with Crippen molar-refractivity contribution in [3.05, 3.63) is 88.5 Å². The minimum atomic E-state index is -0.752. The second-order valence-corrected chi connectivity index (χ2v) is 14.6. The number of piperidine rings is 1. The van der Waals surface area contributed by atoms with Crippen LogP contribution >= 0.6 is 0 Å². The Balaban J connectivity index is 1.25. The molecule has 1 aromatic heterocycles. The van der Waals surface area contributed by atoms with Gasteiger partial charge in [-0.25, -0.2) is 4.39 Å². The predicted molar refractivity (Wildman–Crippen MR) is 179 cm³/mol. The third-order valence-electron chi connectivity index (χ3n) is 10.4. The fourth-order valence-corrected chi connectivity index (χ4v) is 7.64. The summed E-state index contributed by atoms with van der Waals surface area (Å²) < 4.78 is 16.5. The lowest BCUT2D eigenvalue weighted by atomic mass is 9.86. The van der Waals surface area contributed by atoms with E-state index < -0.39 is 12.0 Å². The molecule has 0 radical (unpaired) electrons. The molecule has 0 saturated carbocycles. The van der Waals surface area contributed by atoms with Crippen LogP contribution in [0.3, 0.4) is 0 Å². The molecule has 45 heavy (non-hydrogen) atoms. The molecule has 2 aliphatic rings. The van der Waals surface area contributed by atoms with Crippen molar-refractivity contribution in [2.45, 2.75) is 97.1 Å². The van der Waals surface area contributed by atoms with E-state index in [1.54, 1.807) is 12.1 Å². The summed E-state index contributed by atoms with van der Waals surface area (Å²) in [5.74, 6) is -0.0702. The van der Waals surface area contributed by atoms with Crippen LogP contribution in [0.5, 0.6) is 0 Å². The molecule has 0 amide bonds. The lowest BCUT2D eigenvalue weighted by Gasteiger charge is -2.35. The number of carboxylic acid groups (broad SMARTS) is 1. The van der Waals surface area contributed by atoms with Crippen LogP contribution in [-0.4, -0.2) is 69.4 Å². The zero-order chi connectivity index (χ0) is 32.3. The first-order valence-electron chi connectivity index (χ1n) is 17.1. The van der Waals surface area contributed by atoms with Crippen LogP contribution in [0.1, 0.15) is 101 Å². The van der Waals surface area contributed by atoms with Crippen LogP contribution in [0.15, 0.2) is 54.6 Å². The molecule has 0 bridgehead atoms. The predicted octanol–water partition coefficient (Wildman–Crippen LogP) is 7.32. The molecule has 3 aromatic rings. The summed E-state index contributed by atoms with van der Waals surface area (Å²) in [6.07, 6.45) is 3.82. The van der Waals surface area contributed by atoms with Crippen molar-refractivity contribution in [1.82, 2.24) is 19.6 Å². The van der Waals surface area contributed by atoms with Crippen molar-refractivity contribution < 1.29 is 14.3 Å². The van der Waals surface area contributed by atoms with Gasteiger partial charge in [-0.3, -0.25) is 14.4 Å². The Labute approximate surface area is 269 Å². The van der Waals surface area contributed by atoms with Gasteiger partial charge in [-0.05, 0) is 85.0 Å². The number of nitrogens with zero attached hydrogens (tertiary/aromatic N) is 4. The maximum absolute atomic E-state index is 14.3. The van der Waals surface area contributed by atoms with Gasteiger partial charge in [0.1, 0.15) is 11.9 Å². The highest BCUT2D eigenvalue weighted by Gasteiger charge is 2.42. The fourth-order valence-electron chi connectivity index (χ4n) is 7.64. The van der Waals surface area contributed by atoms with E-state index in [9.17, 15) is 14.3 Å². The first kappa shape index (κ1) is 33.3. The van der Waals surface area contributed by atoms with Gasteiger partial charge < -0.3 is 10.0 Å². The quantitative estimate of drug-likeness (QED) is 0.245. The molecule has 2 aromatic carbocycles. The zero-order valence-corrected chi connectivity index (χ0v) is 28.2. The number of halogens is 1. The van der Waals surface area contributed by atoms with E-state index in [4.69, 9.17) is 5.10 Å². The molecule has 1 N–H and O–H groups in total. The van der Waals surface area contributed by atoms with E-state index in [1.807, 2.05) is 13.0 Å². The minimum absolute atomic E-state index is 0.0568. The topological polar surface area (TPSA) is 61.6 Å². The van der Waals surface area contributed by atoms with E-state index >= 15 is 0 Å².